The lowest BCUT2D eigenvalue weighted by Crippen LogP contribution is -2.17. The first-order valence-corrected chi connectivity index (χ1v) is 7.24. The quantitative estimate of drug-likeness (QED) is 0.778. The van der Waals surface area contributed by atoms with Gasteiger partial charge in [-0.2, -0.15) is 0 Å². The molecule has 0 saturated heterocycles. The molecule has 1 heterocycles. The summed E-state index contributed by atoms with van der Waals surface area (Å²) in [7, 11) is 0. The number of thiazole rings is 1. The standard InChI is InChI=1S/C16H12N2O2S/c19-16(20-12-6-2-1-3-7-12)18-14-9-5-4-8-13(14)15-17-10-11-21-15/h1-11H,(H,18,19). The summed E-state index contributed by atoms with van der Waals surface area (Å²) < 4.78 is 5.22. The molecule has 2 aromatic carbocycles. The van der Waals surface area contributed by atoms with Crippen molar-refractivity contribution < 1.29 is 9.53 Å². The summed E-state index contributed by atoms with van der Waals surface area (Å²) in [6, 6.07) is 16.4. The molecular weight excluding hydrogens is 284 g/mol. The van der Waals surface area contributed by atoms with Crippen molar-refractivity contribution in [3.8, 4) is 16.3 Å². The van der Waals surface area contributed by atoms with Gasteiger partial charge in [0.2, 0.25) is 0 Å². The first-order valence-electron chi connectivity index (χ1n) is 6.36. The highest BCUT2D eigenvalue weighted by atomic mass is 32.1. The monoisotopic (exact) mass is 296 g/mol. The molecule has 4 nitrogen and oxygen atoms in total. The minimum absolute atomic E-state index is 0.502. The molecule has 21 heavy (non-hydrogen) atoms. The molecule has 0 aliphatic heterocycles. The molecule has 0 atom stereocenters. The zero-order valence-corrected chi connectivity index (χ0v) is 11.8. The van der Waals surface area contributed by atoms with E-state index in [1.807, 2.05) is 47.8 Å². The van der Waals surface area contributed by atoms with E-state index in [9.17, 15) is 4.79 Å². The third-order valence-electron chi connectivity index (χ3n) is 2.78. The lowest BCUT2D eigenvalue weighted by atomic mass is 10.2. The molecule has 1 aromatic heterocycles. The van der Waals surface area contributed by atoms with E-state index < -0.39 is 6.09 Å². The number of rotatable bonds is 3. The van der Waals surface area contributed by atoms with Gasteiger partial charge in [-0.15, -0.1) is 11.3 Å². The van der Waals surface area contributed by atoms with Crippen molar-refractivity contribution in [1.29, 1.82) is 0 Å². The topological polar surface area (TPSA) is 51.2 Å². The average Bonchev–Trinajstić information content (AvgIpc) is 3.03. The predicted molar refractivity (Wildman–Crippen MR) is 83.6 cm³/mol. The fraction of sp³-hybridized carbons (Fsp3) is 0. The van der Waals surface area contributed by atoms with Crippen LogP contribution >= 0.6 is 11.3 Å². The molecule has 1 amide bonds. The molecule has 0 radical (unpaired) electrons. The Labute approximate surface area is 126 Å². The number of hydrogen-bond donors (Lipinski definition) is 1. The second-order valence-corrected chi connectivity index (χ2v) is 5.10. The molecule has 1 N–H and O–H groups in total. The number of nitrogens with zero attached hydrogens (tertiary/aromatic N) is 1. The van der Waals surface area contributed by atoms with Gasteiger partial charge in [0.1, 0.15) is 10.8 Å². The van der Waals surface area contributed by atoms with E-state index in [-0.39, 0.29) is 0 Å². The van der Waals surface area contributed by atoms with Crippen molar-refractivity contribution in [3.63, 3.8) is 0 Å². The fourth-order valence-corrected chi connectivity index (χ4v) is 2.54. The Bertz CT molecular complexity index is 727. The van der Waals surface area contributed by atoms with Crippen molar-refractivity contribution >= 4 is 23.1 Å². The lowest BCUT2D eigenvalue weighted by Gasteiger charge is -2.09. The smallest absolute Gasteiger partial charge is 0.410 e. The Morgan fingerprint density at radius 1 is 1.05 bits per heavy atom. The maximum absolute atomic E-state index is 12.0. The van der Waals surface area contributed by atoms with Crippen molar-refractivity contribution in [2.45, 2.75) is 0 Å². The number of carbonyl (C=O) groups excluding carboxylic acids is 1. The Morgan fingerprint density at radius 3 is 2.57 bits per heavy atom. The Balaban J connectivity index is 1.78. The van der Waals surface area contributed by atoms with E-state index in [4.69, 9.17) is 4.74 Å². The highest BCUT2D eigenvalue weighted by molar-refractivity contribution is 7.13. The largest absolute Gasteiger partial charge is 0.417 e. The number of benzene rings is 2. The van der Waals surface area contributed by atoms with Crippen LogP contribution in [0.2, 0.25) is 0 Å². The lowest BCUT2D eigenvalue weighted by molar-refractivity contribution is 0.215. The van der Waals surface area contributed by atoms with Crippen LogP contribution < -0.4 is 10.1 Å². The maximum atomic E-state index is 12.0. The first kappa shape index (κ1) is 13.3. The van der Waals surface area contributed by atoms with Crippen molar-refractivity contribution in [1.82, 2.24) is 4.98 Å². The van der Waals surface area contributed by atoms with E-state index in [1.165, 1.54) is 11.3 Å². The van der Waals surface area contributed by atoms with Gasteiger partial charge >= 0.3 is 6.09 Å². The minimum Gasteiger partial charge on any atom is -0.410 e. The normalized spacial score (nSPS) is 10.1. The summed E-state index contributed by atoms with van der Waals surface area (Å²) >= 11 is 1.52. The van der Waals surface area contributed by atoms with Gasteiger partial charge < -0.3 is 4.74 Å². The molecule has 0 aliphatic rings. The van der Waals surface area contributed by atoms with Crippen LogP contribution in [-0.2, 0) is 0 Å². The van der Waals surface area contributed by atoms with Gasteiger partial charge in [-0.25, -0.2) is 9.78 Å². The van der Waals surface area contributed by atoms with E-state index in [1.54, 1.807) is 18.3 Å². The molecular formula is C16H12N2O2S. The summed E-state index contributed by atoms with van der Waals surface area (Å²) in [6.07, 6.45) is 1.21. The molecule has 104 valence electrons. The Kier molecular flexibility index (Phi) is 3.93. The van der Waals surface area contributed by atoms with E-state index in [0.29, 0.717) is 11.4 Å². The zero-order valence-electron chi connectivity index (χ0n) is 11.0. The summed E-state index contributed by atoms with van der Waals surface area (Å²) in [6.45, 7) is 0. The van der Waals surface area contributed by atoms with E-state index in [2.05, 4.69) is 10.3 Å². The number of hydrogen-bond acceptors (Lipinski definition) is 4. The number of carbonyl (C=O) groups is 1. The maximum Gasteiger partial charge on any atom is 0.417 e. The van der Waals surface area contributed by atoms with Gasteiger partial charge in [0.05, 0.1) is 5.69 Å². The van der Waals surface area contributed by atoms with Crippen molar-refractivity contribution in [3.05, 3.63) is 66.2 Å². The molecule has 3 rings (SSSR count). The molecule has 5 heteroatoms. The fourth-order valence-electron chi connectivity index (χ4n) is 1.87. The second-order valence-electron chi connectivity index (χ2n) is 4.21. The molecule has 3 aromatic rings. The van der Waals surface area contributed by atoms with Crippen LogP contribution in [0.15, 0.2) is 66.2 Å². The summed E-state index contributed by atoms with van der Waals surface area (Å²) in [4.78, 5) is 16.2. The van der Waals surface area contributed by atoms with Crippen LogP contribution in [0.4, 0.5) is 10.5 Å². The van der Waals surface area contributed by atoms with Crippen LogP contribution in [0.5, 0.6) is 5.75 Å². The minimum atomic E-state index is -0.523. The number of para-hydroxylation sites is 2. The number of amides is 1. The highest BCUT2D eigenvalue weighted by Crippen LogP contribution is 2.29. The first-order chi connectivity index (χ1) is 10.3. The SMILES string of the molecule is O=C(Nc1ccccc1-c1nccs1)Oc1ccccc1. The van der Waals surface area contributed by atoms with Gasteiger partial charge in [0.25, 0.3) is 0 Å². The third kappa shape index (κ3) is 3.27. The average molecular weight is 296 g/mol. The second kappa shape index (κ2) is 6.19. The number of ether oxygens (including phenoxy) is 1. The summed E-state index contributed by atoms with van der Waals surface area (Å²) in [5.74, 6) is 0.502. The van der Waals surface area contributed by atoms with Gasteiger partial charge in [0.15, 0.2) is 0 Å². The van der Waals surface area contributed by atoms with Crippen molar-refractivity contribution in [2.24, 2.45) is 0 Å². The van der Waals surface area contributed by atoms with Crippen LogP contribution in [0.25, 0.3) is 10.6 Å². The Morgan fingerprint density at radius 2 is 1.81 bits per heavy atom. The molecule has 0 aliphatic carbocycles. The van der Waals surface area contributed by atoms with Gasteiger partial charge in [-0.1, -0.05) is 30.3 Å². The number of aromatic nitrogens is 1. The molecule has 0 bridgehead atoms. The van der Waals surface area contributed by atoms with Gasteiger partial charge in [-0.05, 0) is 24.3 Å². The van der Waals surface area contributed by atoms with Crippen LogP contribution in [0.1, 0.15) is 0 Å². The van der Waals surface area contributed by atoms with E-state index in [0.717, 1.165) is 10.6 Å². The number of anilines is 1. The van der Waals surface area contributed by atoms with Gasteiger partial charge in [0, 0.05) is 17.1 Å². The third-order valence-corrected chi connectivity index (χ3v) is 3.59. The number of nitrogens with one attached hydrogen (secondary N) is 1. The summed E-state index contributed by atoms with van der Waals surface area (Å²) in [5, 5.41) is 5.50. The predicted octanol–water partition coefficient (Wildman–Crippen LogP) is 4.42. The van der Waals surface area contributed by atoms with Crippen LogP contribution in [-0.4, -0.2) is 11.1 Å². The summed E-state index contributed by atoms with van der Waals surface area (Å²) in [5.41, 5.74) is 1.55. The zero-order chi connectivity index (χ0) is 14.5. The molecule has 0 saturated carbocycles. The molecule has 0 fully saturated rings. The molecule has 0 unspecified atom stereocenters. The highest BCUT2D eigenvalue weighted by Gasteiger charge is 2.11. The molecule has 0 spiro atoms. The van der Waals surface area contributed by atoms with Crippen LogP contribution in [0.3, 0.4) is 0 Å². The Hall–Kier alpha value is -2.66. The van der Waals surface area contributed by atoms with E-state index >= 15 is 0 Å². The van der Waals surface area contributed by atoms with Gasteiger partial charge in [-0.3, -0.25) is 5.32 Å². The van der Waals surface area contributed by atoms with Crippen molar-refractivity contribution in [2.75, 3.05) is 5.32 Å². The van der Waals surface area contributed by atoms with Crippen LogP contribution in [0, 0.1) is 0 Å².